The first-order chi connectivity index (χ1) is 15.1. The number of hydrogen-bond acceptors (Lipinski definition) is 4. The van der Waals surface area contributed by atoms with E-state index in [9.17, 15) is 9.59 Å². The van der Waals surface area contributed by atoms with E-state index in [2.05, 4.69) is 15.2 Å². The molecule has 31 heavy (non-hydrogen) atoms. The number of aromatic nitrogens is 5. The first kappa shape index (κ1) is 18.2. The number of nitrogens with one attached hydrogen (secondary N) is 2. The highest BCUT2D eigenvalue weighted by Crippen LogP contribution is 2.39. The van der Waals surface area contributed by atoms with Crippen LogP contribution >= 0.6 is 0 Å². The Labute approximate surface area is 176 Å². The molecule has 5 aromatic rings. The Balaban J connectivity index is 1.75. The lowest BCUT2D eigenvalue weighted by molar-refractivity contribution is 0.413. The number of rotatable bonds is 2. The van der Waals surface area contributed by atoms with E-state index < -0.39 is 0 Å². The van der Waals surface area contributed by atoms with Crippen molar-refractivity contribution in [2.45, 2.75) is 44.6 Å². The highest BCUT2D eigenvalue weighted by molar-refractivity contribution is 6.14. The predicted octanol–water partition coefficient (Wildman–Crippen LogP) is 4.21. The number of nitrogens with zero attached hydrogens (tertiary/aromatic N) is 3. The van der Waals surface area contributed by atoms with Gasteiger partial charge in [-0.2, -0.15) is 5.10 Å². The van der Waals surface area contributed by atoms with Crippen molar-refractivity contribution in [1.29, 1.82) is 0 Å². The van der Waals surface area contributed by atoms with Crippen molar-refractivity contribution in [2.75, 3.05) is 0 Å². The van der Waals surface area contributed by atoms with Gasteiger partial charge < -0.3 is 9.40 Å². The second-order valence-corrected chi connectivity index (χ2v) is 8.55. The van der Waals surface area contributed by atoms with Crippen LogP contribution in [0.25, 0.3) is 44.2 Å². The van der Waals surface area contributed by atoms with Crippen molar-refractivity contribution in [3.63, 3.8) is 0 Å². The first-order valence-corrected chi connectivity index (χ1v) is 10.8. The minimum atomic E-state index is -0.152. The molecule has 1 aliphatic carbocycles. The van der Waals surface area contributed by atoms with E-state index in [0.29, 0.717) is 22.1 Å². The number of fused-ring (bicyclic) bond motifs is 4. The van der Waals surface area contributed by atoms with E-state index in [1.807, 2.05) is 17.9 Å². The lowest BCUT2D eigenvalue weighted by atomic mass is 10.0. The summed E-state index contributed by atoms with van der Waals surface area (Å²) in [5.41, 5.74) is 3.85. The Morgan fingerprint density at radius 3 is 2.68 bits per heavy atom. The quantitative estimate of drug-likeness (QED) is 0.420. The summed E-state index contributed by atoms with van der Waals surface area (Å²) in [7, 11) is 1.84. The topological polar surface area (TPSA) is 102 Å². The predicted molar refractivity (Wildman–Crippen MR) is 119 cm³/mol. The Hall–Kier alpha value is -3.55. The van der Waals surface area contributed by atoms with E-state index in [-0.39, 0.29) is 17.0 Å². The molecule has 0 unspecified atom stereocenters. The molecule has 4 heterocycles. The smallest absolute Gasteiger partial charge is 0.274 e. The molecule has 6 rings (SSSR count). The van der Waals surface area contributed by atoms with Crippen molar-refractivity contribution in [1.82, 2.24) is 24.5 Å². The van der Waals surface area contributed by atoms with Crippen LogP contribution in [0.4, 0.5) is 0 Å². The fraction of sp³-hybridized carbons (Fsp3) is 0.348. The van der Waals surface area contributed by atoms with Gasteiger partial charge in [-0.05, 0) is 25.0 Å². The van der Waals surface area contributed by atoms with Crippen molar-refractivity contribution in [2.24, 2.45) is 7.05 Å². The van der Waals surface area contributed by atoms with E-state index in [1.54, 1.807) is 16.9 Å². The van der Waals surface area contributed by atoms with Gasteiger partial charge in [0.05, 0.1) is 23.1 Å². The maximum Gasteiger partial charge on any atom is 0.274 e. The van der Waals surface area contributed by atoms with Gasteiger partial charge in [0.25, 0.3) is 5.56 Å². The molecule has 0 spiro atoms. The molecule has 0 radical (unpaired) electrons. The van der Waals surface area contributed by atoms with Crippen LogP contribution in [0.5, 0.6) is 0 Å². The Morgan fingerprint density at radius 2 is 1.94 bits per heavy atom. The van der Waals surface area contributed by atoms with Crippen LogP contribution in [0.3, 0.4) is 0 Å². The maximum atomic E-state index is 13.2. The average molecular weight is 417 g/mol. The molecule has 0 bridgehead atoms. The van der Waals surface area contributed by atoms with Gasteiger partial charge in [-0.25, -0.2) is 0 Å². The molecule has 8 nitrogen and oxygen atoms in total. The molecule has 0 saturated heterocycles. The zero-order valence-corrected chi connectivity index (χ0v) is 17.3. The van der Waals surface area contributed by atoms with Gasteiger partial charge in [0.15, 0.2) is 11.0 Å². The molecule has 8 heteroatoms. The van der Waals surface area contributed by atoms with Gasteiger partial charge in [0, 0.05) is 35.8 Å². The molecule has 158 valence electrons. The van der Waals surface area contributed by atoms with Crippen molar-refractivity contribution < 1.29 is 4.42 Å². The van der Waals surface area contributed by atoms with Crippen LogP contribution in [0.1, 0.15) is 44.6 Å². The average Bonchev–Trinajstić information content (AvgIpc) is 3.35. The van der Waals surface area contributed by atoms with Gasteiger partial charge in [-0.1, -0.05) is 25.7 Å². The molecule has 2 N–H and O–H groups in total. The van der Waals surface area contributed by atoms with Gasteiger partial charge >= 0.3 is 0 Å². The van der Waals surface area contributed by atoms with Gasteiger partial charge in [0.2, 0.25) is 0 Å². The van der Waals surface area contributed by atoms with Crippen LogP contribution in [-0.2, 0) is 7.05 Å². The summed E-state index contributed by atoms with van der Waals surface area (Å²) in [6.07, 6.45) is 10.5. The van der Waals surface area contributed by atoms with Crippen molar-refractivity contribution >= 4 is 33.1 Å². The summed E-state index contributed by atoms with van der Waals surface area (Å²) in [4.78, 5) is 28.6. The number of pyridine rings is 1. The van der Waals surface area contributed by atoms with Crippen LogP contribution in [0, 0.1) is 0 Å². The Morgan fingerprint density at radius 1 is 1.13 bits per heavy atom. The van der Waals surface area contributed by atoms with Crippen LogP contribution in [0.2, 0.25) is 0 Å². The van der Waals surface area contributed by atoms with E-state index in [4.69, 9.17) is 4.42 Å². The summed E-state index contributed by atoms with van der Waals surface area (Å²) in [6.45, 7) is 0. The van der Waals surface area contributed by atoms with E-state index in [1.165, 1.54) is 25.0 Å². The molecular formula is C23H23N5O3. The number of benzene rings is 1. The summed E-state index contributed by atoms with van der Waals surface area (Å²) < 4.78 is 9.86. The summed E-state index contributed by atoms with van der Waals surface area (Å²) >= 11 is 0. The third kappa shape index (κ3) is 2.78. The fourth-order valence-corrected chi connectivity index (χ4v) is 5.03. The molecule has 1 aromatic carbocycles. The monoisotopic (exact) mass is 417 g/mol. The Kier molecular flexibility index (Phi) is 3.96. The highest BCUT2D eigenvalue weighted by atomic mass is 16.3. The first-order valence-electron chi connectivity index (χ1n) is 10.8. The number of hydrogen-bond donors (Lipinski definition) is 2. The number of aromatic amines is 2. The van der Waals surface area contributed by atoms with Crippen LogP contribution in [0.15, 0.2) is 44.6 Å². The minimum absolute atomic E-state index is 0.111. The number of H-pyrrole nitrogens is 2. The van der Waals surface area contributed by atoms with Crippen molar-refractivity contribution in [3.8, 4) is 11.1 Å². The van der Waals surface area contributed by atoms with Crippen molar-refractivity contribution in [3.05, 3.63) is 51.2 Å². The molecular weight excluding hydrogens is 394 g/mol. The van der Waals surface area contributed by atoms with E-state index in [0.717, 1.165) is 47.8 Å². The third-order valence-corrected chi connectivity index (χ3v) is 6.49. The summed E-state index contributed by atoms with van der Waals surface area (Å²) in [6, 6.07) is 5.05. The van der Waals surface area contributed by atoms with Gasteiger partial charge in [0.1, 0.15) is 11.2 Å². The normalized spacial score (nSPS) is 15.9. The summed E-state index contributed by atoms with van der Waals surface area (Å²) in [5.74, 6) is 0. The molecule has 0 atom stereocenters. The highest BCUT2D eigenvalue weighted by Gasteiger charge is 2.25. The summed E-state index contributed by atoms with van der Waals surface area (Å²) in [5, 5.41) is 8.79. The Bertz CT molecular complexity index is 1550. The lowest BCUT2D eigenvalue weighted by Crippen LogP contribution is -2.13. The lowest BCUT2D eigenvalue weighted by Gasteiger charge is -2.17. The second kappa shape index (κ2) is 6.73. The van der Waals surface area contributed by atoms with E-state index >= 15 is 0 Å². The molecule has 1 fully saturated rings. The van der Waals surface area contributed by atoms with Crippen LogP contribution < -0.4 is 11.0 Å². The standard InChI is InChI=1S/C23H23N5O3/c1-27-12-13(11-24-27)18-19-22(28(26-23(19)30)14-6-4-2-3-5-7-14)25-20-16-9-8-15(29)10-17(16)31-21(18)20/h8-12,14,25H,2-7H2,1H3,(H,26,30). The molecule has 0 amide bonds. The minimum Gasteiger partial charge on any atom is -0.454 e. The van der Waals surface area contributed by atoms with Gasteiger partial charge in [-0.3, -0.25) is 24.1 Å². The van der Waals surface area contributed by atoms with Crippen LogP contribution in [-0.4, -0.2) is 24.5 Å². The van der Waals surface area contributed by atoms with Gasteiger partial charge in [-0.15, -0.1) is 0 Å². The molecule has 1 aliphatic rings. The molecule has 0 aliphatic heterocycles. The third-order valence-electron chi connectivity index (χ3n) is 6.49. The SMILES string of the molecule is Cn1cc(-c2c3oc4cc(=O)ccc4c3[nH]c3c2c(=O)[nH]n3C2CCCCCC2)cn1. The zero-order chi connectivity index (χ0) is 21.1. The maximum absolute atomic E-state index is 13.2. The molecule has 4 aromatic heterocycles. The second-order valence-electron chi connectivity index (χ2n) is 8.55. The zero-order valence-electron chi connectivity index (χ0n) is 17.3. The number of furan rings is 1. The fourth-order valence-electron chi connectivity index (χ4n) is 5.03. The molecule has 1 saturated carbocycles. The number of aryl methyl sites for hydroxylation is 1. The largest absolute Gasteiger partial charge is 0.454 e.